The summed E-state index contributed by atoms with van der Waals surface area (Å²) in [6.07, 6.45) is 14.4. The summed E-state index contributed by atoms with van der Waals surface area (Å²) in [6, 6.07) is 0. The average Bonchev–Trinajstić information content (AvgIpc) is 2.32. The first-order valence-corrected chi connectivity index (χ1v) is 8.96. The molecule has 118 valence electrons. The van der Waals surface area contributed by atoms with Gasteiger partial charge in [-0.15, -0.1) is 0 Å². The molecule has 0 radical (unpaired) electrons. The van der Waals surface area contributed by atoms with Gasteiger partial charge in [-0.05, 0) is 6.92 Å². The van der Waals surface area contributed by atoms with Crippen LogP contribution in [-0.2, 0) is 14.6 Å². The van der Waals surface area contributed by atoms with Crippen molar-refractivity contribution in [3.63, 3.8) is 0 Å². The number of rotatable bonds is 11. The quantitative estimate of drug-likeness (QED) is 0.441. The summed E-state index contributed by atoms with van der Waals surface area (Å²) in [5.41, 5.74) is 0. The van der Waals surface area contributed by atoms with Crippen LogP contribution in [-0.4, -0.2) is 19.6 Å². The average molecular weight is 296 g/mol. The highest BCUT2D eigenvalue weighted by molar-refractivity contribution is 7.80. The van der Waals surface area contributed by atoms with E-state index in [-0.39, 0.29) is 6.61 Å². The van der Waals surface area contributed by atoms with E-state index < -0.39 is 10.4 Å². The van der Waals surface area contributed by atoms with Crippen LogP contribution < -0.4 is 0 Å². The van der Waals surface area contributed by atoms with E-state index >= 15 is 0 Å². The van der Waals surface area contributed by atoms with Crippen molar-refractivity contribution in [2.75, 3.05) is 6.61 Å². The van der Waals surface area contributed by atoms with Crippen LogP contribution in [0.3, 0.4) is 0 Å². The highest BCUT2D eigenvalue weighted by Crippen LogP contribution is 2.09. The van der Waals surface area contributed by atoms with Gasteiger partial charge in [0.15, 0.2) is 0 Å². The Labute approximate surface area is 119 Å². The van der Waals surface area contributed by atoms with Gasteiger partial charge in [-0.2, -0.15) is 8.42 Å². The van der Waals surface area contributed by atoms with E-state index in [1.807, 2.05) is 0 Å². The molecule has 0 unspecified atom stereocenters. The van der Waals surface area contributed by atoms with Crippen molar-refractivity contribution in [2.24, 2.45) is 0 Å². The molecule has 4 nitrogen and oxygen atoms in total. The Balaban J connectivity index is 0. The van der Waals surface area contributed by atoms with Gasteiger partial charge in [-0.1, -0.05) is 78.1 Å². The fourth-order valence-corrected chi connectivity index (χ4v) is 2.01. The molecule has 0 aliphatic rings. The van der Waals surface area contributed by atoms with Crippen LogP contribution in [0.1, 0.15) is 85.0 Å². The van der Waals surface area contributed by atoms with Crippen molar-refractivity contribution >= 4 is 10.4 Å². The van der Waals surface area contributed by atoms with Crippen molar-refractivity contribution in [3.05, 3.63) is 0 Å². The molecule has 0 aliphatic carbocycles. The summed E-state index contributed by atoms with van der Waals surface area (Å²) < 4.78 is 30.7. The fraction of sp³-hybridized carbons (Fsp3) is 1.00. The first kappa shape index (κ1) is 21.2. The van der Waals surface area contributed by atoms with Crippen LogP contribution in [0.4, 0.5) is 0 Å². The smallest absolute Gasteiger partial charge is 0.264 e. The van der Waals surface area contributed by atoms with Crippen molar-refractivity contribution < 1.29 is 17.2 Å². The molecule has 0 saturated heterocycles. The summed E-state index contributed by atoms with van der Waals surface area (Å²) in [5.74, 6) is 0. The van der Waals surface area contributed by atoms with Gasteiger partial charge in [0.2, 0.25) is 0 Å². The predicted octanol–water partition coefficient (Wildman–Crippen LogP) is 4.75. The lowest BCUT2D eigenvalue weighted by Crippen LogP contribution is -2.01. The Kier molecular flexibility index (Phi) is 17.7. The van der Waals surface area contributed by atoms with Crippen LogP contribution in [0.25, 0.3) is 0 Å². The topological polar surface area (TPSA) is 63.6 Å². The predicted molar refractivity (Wildman–Crippen MR) is 80.7 cm³/mol. The molecule has 0 aromatic rings. The molecule has 0 fully saturated rings. The van der Waals surface area contributed by atoms with Gasteiger partial charge in [0.1, 0.15) is 0 Å². The summed E-state index contributed by atoms with van der Waals surface area (Å²) in [4.78, 5) is 0. The van der Waals surface area contributed by atoms with Crippen molar-refractivity contribution in [1.29, 1.82) is 0 Å². The first-order chi connectivity index (χ1) is 8.97. The van der Waals surface area contributed by atoms with Crippen LogP contribution in [0.5, 0.6) is 0 Å². The molecular formula is C14H32O4S. The fourth-order valence-electron chi connectivity index (χ4n) is 1.71. The molecule has 0 atom stereocenters. The van der Waals surface area contributed by atoms with Gasteiger partial charge in [-0.3, -0.25) is 4.55 Å². The molecule has 0 heterocycles. The molecule has 0 bridgehead atoms. The van der Waals surface area contributed by atoms with Crippen molar-refractivity contribution in [2.45, 2.75) is 85.0 Å². The molecule has 0 aromatic heterocycles. The lowest BCUT2D eigenvalue weighted by Gasteiger charge is -1.99. The molecule has 0 saturated carbocycles. The second kappa shape index (κ2) is 15.9. The molecule has 0 rings (SSSR count). The minimum Gasteiger partial charge on any atom is -0.264 e. The zero-order valence-corrected chi connectivity index (χ0v) is 13.7. The van der Waals surface area contributed by atoms with E-state index in [1.165, 1.54) is 71.1 Å². The number of hydrogen-bond donors (Lipinski definition) is 1. The van der Waals surface area contributed by atoms with Gasteiger partial charge in [0.25, 0.3) is 0 Å². The van der Waals surface area contributed by atoms with Gasteiger partial charge in [0, 0.05) is 0 Å². The van der Waals surface area contributed by atoms with E-state index in [2.05, 4.69) is 18.0 Å². The van der Waals surface area contributed by atoms with Crippen molar-refractivity contribution in [3.8, 4) is 0 Å². The molecule has 1 N–H and O–H groups in total. The third-order valence-corrected chi connectivity index (χ3v) is 3.26. The zero-order valence-electron chi connectivity index (χ0n) is 12.9. The third-order valence-electron chi connectivity index (χ3n) is 2.72. The normalized spacial score (nSPS) is 10.9. The first-order valence-electron chi connectivity index (χ1n) is 7.59. The Hall–Kier alpha value is -0.130. The molecule has 0 aromatic carbocycles. The van der Waals surface area contributed by atoms with E-state index in [4.69, 9.17) is 4.55 Å². The van der Waals surface area contributed by atoms with Gasteiger partial charge in [-0.25, -0.2) is 4.18 Å². The third kappa shape index (κ3) is 27.2. The Bertz CT molecular complexity index is 240. The summed E-state index contributed by atoms with van der Waals surface area (Å²) >= 11 is 0. The molecule has 5 heteroatoms. The lowest BCUT2D eigenvalue weighted by atomic mass is 10.1. The minimum absolute atomic E-state index is 0.0289. The summed E-state index contributed by atoms with van der Waals surface area (Å²) in [7, 11) is -4.17. The van der Waals surface area contributed by atoms with Crippen LogP contribution in [0.15, 0.2) is 0 Å². The van der Waals surface area contributed by atoms with E-state index in [0.29, 0.717) is 0 Å². The van der Waals surface area contributed by atoms with Crippen molar-refractivity contribution in [1.82, 2.24) is 0 Å². The summed E-state index contributed by atoms with van der Waals surface area (Å²) in [5, 5.41) is 0. The van der Waals surface area contributed by atoms with Crippen LogP contribution in [0, 0.1) is 0 Å². The highest BCUT2D eigenvalue weighted by Gasteiger charge is 1.98. The van der Waals surface area contributed by atoms with Gasteiger partial charge < -0.3 is 0 Å². The Morgan fingerprint density at radius 3 is 1.21 bits per heavy atom. The number of unbranched alkanes of at least 4 members (excludes halogenated alkanes) is 9. The largest absolute Gasteiger partial charge is 0.397 e. The van der Waals surface area contributed by atoms with Gasteiger partial charge >= 0.3 is 10.4 Å². The van der Waals surface area contributed by atoms with Crippen LogP contribution >= 0.6 is 0 Å². The molecule has 0 spiro atoms. The second-order valence-electron chi connectivity index (χ2n) is 4.66. The Morgan fingerprint density at radius 1 is 0.737 bits per heavy atom. The zero-order chi connectivity index (χ0) is 15.0. The van der Waals surface area contributed by atoms with E-state index in [0.717, 1.165) is 0 Å². The molecular weight excluding hydrogens is 264 g/mol. The second-order valence-corrected chi connectivity index (χ2v) is 5.75. The van der Waals surface area contributed by atoms with Gasteiger partial charge in [0.05, 0.1) is 6.61 Å². The number of hydrogen-bond acceptors (Lipinski definition) is 3. The lowest BCUT2D eigenvalue weighted by molar-refractivity contribution is 0.283. The summed E-state index contributed by atoms with van der Waals surface area (Å²) in [6.45, 7) is 6.00. The molecule has 19 heavy (non-hydrogen) atoms. The van der Waals surface area contributed by atoms with E-state index in [1.54, 1.807) is 0 Å². The maximum Gasteiger partial charge on any atom is 0.397 e. The molecule has 0 aliphatic heterocycles. The minimum atomic E-state index is -4.17. The maximum absolute atomic E-state index is 9.56. The monoisotopic (exact) mass is 296 g/mol. The SMILES string of the molecule is CCCCCCCCCCCC.CCOS(=O)(=O)O. The maximum atomic E-state index is 9.56. The van der Waals surface area contributed by atoms with E-state index in [9.17, 15) is 8.42 Å². The van der Waals surface area contributed by atoms with Crippen LogP contribution in [0.2, 0.25) is 0 Å². The Morgan fingerprint density at radius 2 is 1.05 bits per heavy atom. The standard InChI is InChI=1S/C12H26.C2H6O4S/c1-3-5-7-9-11-12-10-8-6-4-2;1-2-6-7(3,4)5/h3-12H2,1-2H3;2H2,1H3,(H,3,4,5). The molecule has 0 amide bonds. The highest BCUT2D eigenvalue weighted by atomic mass is 32.3.